The van der Waals surface area contributed by atoms with E-state index < -0.39 is 111 Å². The first-order valence-electron chi connectivity index (χ1n) is 14.0. The zero-order valence-corrected chi connectivity index (χ0v) is 25.2. The molecule has 0 aliphatic rings. The van der Waals surface area contributed by atoms with Crippen LogP contribution in [0.1, 0.15) is 65.2 Å². The summed E-state index contributed by atoms with van der Waals surface area (Å²) in [5, 5.41) is 8.65. The largest absolute Gasteiger partial charge is 0.462 e. The van der Waals surface area contributed by atoms with Crippen molar-refractivity contribution >= 4 is 11.9 Å². The molecule has 0 saturated heterocycles. The van der Waals surface area contributed by atoms with E-state index in [2.05, 4.69) is 17.9 Å². The minimum absolute atomic E-state index is 0.190. The van der Waals surface area contributed by atoms with Gasteiger partial charge in [-0.25, -0.2) is 9.59 Å². The maximum Gasteiger partial charge on any atom is 0.384 e. The topological polar surface area (TPSA) is 82.1 Å². The van der Waals surface area contributed by atoms with Gasteiger partial charge in [-0.15, -0.1) is 0 Å². The zero-order chi connectivity index (χ0) is 36.2. The Morgan fingerprint density at radius 2 is 1.15 bits per heavy atom. The molecule has 0 aromatic carbocycles. The van der Waals surface area contributed by atoms with Gasteiger partial charge in [-0.3, -0.25) is 0 Å². The Morgan fingerprint density at radius 1 is 0.696 bits per heavy atom. The summed E-state index contributed by atoms with van der Waals surface area (Å²) in [6.45, 7) is 6.10. The third-order valence-corrected chi connectivity index (χ3v) is 6.61. The van der Waals surface area contributed by atoms with Crippen LogP contribution in [0.2, 0.25) is 0 Å². The lowest BCUT2D eigenvalue weighted by Crippen LogP contribution is -2.70. The minimum Gasteiger partial charge on any atom is -0.462 e. The fourth-order valence-electron chi connectivity index (χ4n) is 3.65. The zero-order valence-electron chi connectivity index (χ0n) is 25.2. The molecule has 6 nitrogen and oxygen atoms in total. The van der Waals surface area contributed by atoms with Crippen molar-refractivity contribution < 1.29 is 81.6 Å². The second kappa shape index (κ2) is 17.6. The summed E-state index contributed by atoms with van der Waals surface area (Å²) in [5.41, 5.74) is -0.647. The van der Waals surface area contributed by atoms with Crippen molar-refractivity contribution in [3.8, 4) is 0 Å². The highest BCUT2D eigenvalue weighted by molar-refractivity contribution is 5.88. The van der Waals surface area contributed by atoms with Crippen LogP contribution in [0.15, 0.2) is 24.3 Å². The van der Waals surface area contributed by atoms with Crippen LogP contribution in [0.3, 0.4) is 0 Å². The molecule has 0 amide bonds. The number of rotatable bonds is 24. The highest BCUT2D eigenvalue weighted by Gasteiger charge is 2.89. The fraction of sp³-hybridized carbons (Fsp3) is 0.786. The maximum absolute atomic E-state index is 14.5. The number of unbranched alkanes of at least 4 members (excludes halogenated alkanes) is 4. The molecule has 270 valence electrons. The lowest BCUT2D eigenvalue weighted by atomic mass is 9.87. The van der Waals surface area contributed by atoms with Crippen molar-refractivity contribution in [3.63, 3.8) is 0 Å². The predicted molar refractivity (Wildman–Crippen MR) is 140 cm³/mol. The van der Waals surface area contributed by atoms with Gasteiger partial charge in [0.1, 0.15) is 0 Å². The van der Waals surface area contributed by atoms with Crippen LogP contribution in [0.5, 0.6) is 0 Å². The molecule has 0 aliphatic carbocycles. The average molecular weight is 699 g/mol. The van der Waals surface area contributed by atoms with E-state index >= 15 is 0 Å². The van der Waals surface area contributed by atoms with Crippen molar-refractivity contribution in [2.75, 3.05) is 33.0 Å². The molecule has 0 radical (unpaired) electrons. The molecule has 1 unspecified atom stereocenters. The highest BCUT2D eigenvalue weighted by atomic mass is 19.4. The van der Waals surface area contributed by atoms with Crippen LogP contribution < -0.4 is 0 Å². The SMILES string of the molecule is C=C(C)C(=O)OCC(CCC(F)(F)C(F)(F)C(F)(F)C(F)(F)C(F)(F)C(F)(F)CCCCCCC)COC(=O)C(=C)COCCO. The predicted octanol–water partition coefficient (Wildman–Crippen LogP) is 7.78. The van der Waals surface area contributed by atoms with Crippen molar-refractivity contribution in [1.29, 1.82) is 0 Å². The van der Waals surface area contributed by atoms with E-state index in [-0.39, 0.29) is 25.0 Å². The molecule has 0 aromatic heterocycles. The molecule has 46 heavy (non-hydrogen) atoms. The van der Waals surface area contributed by atoms with E-state index in [1.807, 2.05) is 0 Å². The third-order valence-electron chi connectivity index (χ3n) is 6.61. The second-order valence-corrected chi connectivity index (χ2v) is 10.6. The summed E-state index contributed by atoms with van der Waals surface area (Å²) in [6, 6.07) is 0. The van der Waals surface area contributed by atoms with Gasteiger partial charge in [0.05, 0.1) is 38.6 Å². The Kier molecular flexibility index (Phi) is 16.6. The minimum atomic E-state index is -7.71. The lowest BCUT2D eigenvalue weighted by Gasteiger charge is -2.41. The van der Waals surface area contributed by atoms with Gasteiger partial charge >= 0.3 is 47.5 Å². The van der Waals surface area contributed by atoms with Gasteiger partial charge in [-0.1, -0.05) is 45.8 Å². The normalized spacial score (nSPS) is 14.2. The Hall–Kier alpha value is -2.50. The van der Waals surface area contributed by atoms with Gasteiger partial charge in [0.25, 0.3) is 0 Å². The van der Waals surface area contributed by atoms with Gasteiger partial charge in [0, 0.05) is 24.3 Å². The molecule has 0 saturated carbocycles. The number of ether oxygens (including phenoxy) is 3. The summed E-state index contributed by atoms with van der Waals surface area (Å²) in [7, 11) is 0. The van der Waals surface area contributed by atoms with Gasteiger partial charge in [-0.05, 0) is 19.8 Å². The molecular weight excluding hydrogens is 660 g/mol. The molecule has 18 heteroatoms. The number of hydrogen-bond acceptors (Lipinski definition) is 6. The van der Waals surface area contributed by atoms with E-state index in [0.29, 0.717) is 12.8 Å². The van der Waals surface area contributed by atoms with Gasteiger partial charge in [0.2, 0.25) is 0 Å². The molecular formula is C28H38F12O6. The van der Waals surface area contributed by atoms with Crippen LogP contribution in [-0.4, -0.2) is 85.6 Å². The lowest BCUT2D eigenvalue weighted by molar-refractivity contribution is -0.426. The number of halogens is 12. The fourth-order valence-corrected chi connectivity index (χ4v) is 3.65. The average Bonchev–Trinajstić information content (AvgIpc) is 2.95. The Bertz CT molecular complexity index is 1020. The molecule has 1 atom stereocenters. The first kappa shape index (κ1) is 43.5. The molecule has 0 aromatic rings. The molecule has 0 fully saturated rings. The standard InChI is InChI=1S/C28H38F12O6/c1-5-6-7-8-9-11-23(29,30)25(33,34)27(37,38)28(39,40)26(35,36)24(31,32)12-10-20(16-45-21(42)18(2)3)17-46-22(43)19(4)15-44-14-13-41/h20,41H,2,4-17H2,1,3H3. The van der Waals surface area contributed by atoms with E-state index in [0.717, 1.165) is 6.92 Å². The maximum atomic E-state index is 14.5. The van der Waals surface area contributed by atoms with E-state index in [1.165, 1.54) is 0 Å². The summed E-state index contributed by atoms with van der Waals surface area (Å²) in [6.07, 6.45) is -5.91. The van der Waals surface area contributed by atoms with Crippen molar-refractivity contribution in [3.05, 3.63) is 24.3 Å². The first-order chi connectivity index (χ1) is 20.9. The highest BCUT2D eigenvalue weighted by Crippen LogP contribution is 2.61. The summed E-state index contributed by atoms with van der Waals surface area (Å²) < 4.78 is 186. The number of carbonyl (C=O) groups excluding carboxylic acids is 2. The smallest absolute Gasteiger partial charge is 0.384 e. The quantitative estimate of drug-likeness (QED) is 0.0480. The van der Waals surface area contributed by atoms with Gasteiger partial charge in [-0.2, -0.15) is 52.7 Å². The summed E-state index contributed by atoms with van der Waals surface area (Å²) >= 11 is 0. The molecule has 0 aliphatic heterocycles. The second-order valence-electron chi connectivity index (χ2n) is 10.6. The molecule has 0 bridgehead atoms. The Labute approximate surface area is 258 Å². The Morgan fingerprint density at radius 3 is 1.61 bits per heavy atom. The molecule has 0 rings (SSSR count). The monoisotopic (exact) mass is 698 g/mol. The Balaban J connectivity index is 5.97. The van der Waals surface area contributed by atoms with Crippen LogP contribution in [0.4, 0.5) is 52.7 Å². The van der Waals surface area contributed by atoms with Crippen molar-refractivity contribution in [2.24, 2.45) is 5.92 Å². The van der Waals surface area contributed by atoms with E-state index in [4.69, 9.17) is 14.6 Å². The van der Waals surface area contributed by atoms with E-state index in [9.17, 15) is 62.3 Å². The van der Waals surface area contributed by atoms with Crippen LogP contribution in [-0.2, 0) is 23.8 Å². The van der Waals surface area contributed by atoms with Crippen molar-refractivity contribution in [2.45, 2.75) is 101 Å². The number of aliphatic hydroxyl groups is 1. The third kappa shape index (κ3) is 10.8. The van der Waals surface area contributed by atoms with Gasteiger partial charge < -0.3 is 19.3 Å². The molecule has 0 spiro atoms. The summed E-state index contributed by atoms with van der Waals surface area (Å²) in [5.74, 6) is -46.2. The van der Waals surface area contributed by atoms with Crippen LogP contribution >= 0.6 is 0 Å². The van der Waals surface area contributed by atoms with Crippen LogP contribution in [0, 0.1) is 5.92 Å². The number of aliphatic hydroxyl groups excluding tert-OH is 1. The first-order valence-corrected chi connectivity index (χ1v) is 14.0. The number of carbonyl (C=O) groups is 2. The van der Waals surface area contributed by atoms with Crippen LogP contribution in [0.25, 0.3) is 0 Å². The number of alkyl halides is 12. The molecule has 0 heterocycles. The molecule has 1 N–H and O–H groups in total. The van der Waals surface area contributed by atoms with E-state index in [1.54, 1.807) is 6.92 Å². The van der Waals surface area contributed by atoms with Crippen molar-refractivity contribution in [1.82, 2.24) is 0 Å². The number of hydrogen-bond donors (Lipinski definition) is 1. The van der Waals surface area contributed by atoms with Gasteiger partial charge in [0.15, 0.2) is 0 Å². The summed E-state index contributed by atoms with van der Waals surface area (Å²) in [4.78, 5) is 23.7. The number of esters is 2.